The first-order valence-electron chi connectivity index (χ1n) is 6.90. The second kappa shape index (κ2) is 5.33. The Labute approximate surface area is 115 Å². The molecule has 0 heterocycles. The van der Waals surface area contributed by atoms with E-state index in [4.69, 9.17) is 10.5 Å². The standard InChI is InChI=1S/C16H23NO2/c1-11-8-15(19-3)12(2)7-13(11)14(18)9-16(10-17)5-4-6-16/h7-8H,4-6,9-10,17H2,1-3H3. The lowest BCUT2D eigenvalue weighted by molar-refractivity contribution is 0.0785. The molecule has 0 aliphatic heterocycles. The number of carbonyl (C=O) groups excluding carboxylic acids is 1. The van der Waals surface area contributed by atoms with Crippen molar-refractivity contribution >= 4 is 5.78 Å². The van der Waals surface area contributed by atoms with Crippen LogP contribution in [0.25, 0.3) is 0 Å². The fourth-order valence-electron chi connectivity index (χ4n) is 2.88. The van der Waals surface area contributed by atoms with Gasteiger partial charge in [-0.05, 0) is 61.9 Å². The molecule has 1 aromatic carbocycles. The largest absolute Gasteiger partial charge is 0.496 e. The molecule has 0 radical (unpaired) electrons. The molecule has 2 N–H and O–H groups in total. The first-order chi connectivity index (χ1) is 9.01. The molecule has 1 aliphatic carbocycles. The van der Waals surface area contributed by atoms with Gasteiger partial charge >= 0.3 is 0 Å². The van der Waals surface area contributed by atoms with E-state index in [-0.39, 0.29) is 11.2 Å². The number of aryl methyl sites for hydroxylation is 2. The van der Waals surface area contributed by atoms with Crippen LogP contribution in [0.3, 0.4) is 0 Å². The van der Waals surface area contributed by atoms with Crippen LogP contribution < -0.4 is 10.5 Å². The number of hydrogen-bond acceptors (Lipinski definition) is 3. The van der Waals surface area contributed by atoms with Crippen LogP contribution in [0.1, 0.15) is 47.2 Å². The third-order valence-corrected chi connectivity index (χ3v) is 4.43. The molecule has 0 bridgehead atoms. The van der Waals surface area contributed by atoms with E-state index in [1.165, 1.54) is 6.42 Å². The summed E-state index contributed by atoms with van der Waals surface area (Å²) in [6.07, 6.45) is 3.95. The minimum Gasteiger partial charge on any atom is -0.496 e. The monoisotopic (exact) mass is 261 g/mol. The molecule has 19 heavy (non-hydrogen) atoms. The highest BCUT2D eigenvalue weighted by molar-refractivity contribution is 5.98. The molecular weight excluding hydrogens is 238 g/mol. The Morgan fingerprint density at radius 1 is 1.32 bits per heavy atom. The molecule has 104 valence electrons. The summed E-state index contributed by atoms with van der Waals surface area (Å²) in [6, 6.07) is 3.89. The molecular formula is C16H23NO2. The zero-order chi connectivity index (χ0) is 14.0. The Balaban J connectivity index is 2.22. The van der Waals surface area contributed by atoms with E-state index in [0.29, 0.717) is 13.0 Å². The fraction of sp³-hybridized carbons (Fsp3) is 0.562. The second-order valence-corrected chi connectivity index (χ2v) is 5.79. The molecule has 0 unspecified atom stereocenters. The third-order valence-electron chi connectivity index (χ3n) is 4.43. The number of methoxy groups -OCH3 is 1. The van der Waals surface area contributed by atoms with Crippen LogP contribution in [0.15, 0.2) is 12.1 Å². The van der Waals surface area contributed by atoms with Crippen molar-refractivity contribution in [1.82, 2.24) is 0 Å². The van der Waals surface area contributed by atoms with Crippen molar-refractivity contribution in [2.75, 3.05) is 13.7 Å². The van der Waals surface area contributed by atoms with Crippen molar-refractivity contribution in [2.24, 2.45) is 11.1 Å². The fourth-order valence-corrected chi connectivity index (χ4v) is 2.88. The smallest absolute Gasteiger partial charge is 0.163 e. The maximum Gasteiger partial charge on any atom is 0.163 e. The number of Topliss-reactive ketones (excluding diaryl/α,β-unsaturated/α-hetero) is 1. The number of nitrogens with two attached hydrogens (primary N) is 1. The Morgan fingerprint density at radius 2 is 2.00 bits per heavy atom. The van der Waals surface area contributed by atoms with Gasteiger partial charge in [0.05, 0.1) is 7.11 Å². The SMILES string of the molecule is COc1cc(C)c(C(=O)CC2(CN)CCC2)cc1C. The number of carbonyl (C=O) groups is 1. The lowest BCUT2D eigenvalue weighted by Gasteiger charge is -2.40. The summed E-state index contributed by atoms with van der Waals surface area (Å²) in [4.78, 5) is 12.5. The molecule has 0 aromatic heterocycles. The highest BCUT2D eigenvalue weighted by atomic mass is 16.5. The molecule has 0 saturated heterocycles. The van der Waals surface area contributed by atoms with Gasteiger partial charge < -0.3 is 10.5 Å². The summed E-state index contributed by atoms with van der Waals surface area (Å²) >= 11 is 0. The summed E-state index contributed by atoms with van der Waals surface area (Å²) in [7, 11) is 1.65. The normalized spacial score (nSPS) is 16.8. The summed E-state index contributed by atoms with van der Waals surface area (Å²) in [5, 5.41) is 0. The predicted molar refractivity (Wildman–Crippen MR) is 76.8 cm³/mol. The van der Waals surface area contributed by atoms with Gasteiger partial charge in [0.15, 0.2) is 5.78 Å². The Hall–Kier alpha value is -1.35. The molecule has 1 saturated carbocycles. The second-order valence-electron chi connectivity index (χ2n) is 5.79. The van der Waals surface area contributed by atoms with Gasteiger partial charge in [-0.1, -0.05) is 6.42 Å². The van der Waals surface area contributed by atoms with Crippen LogP contribution in [0.2, 0.25) is 0 Å². The van der Waals surface area contributed by atoms with E-state index in [1.807, 2.05) is 26.0 Å². The summed E-state index contributed by atoms with van der Waals surface area (Å²) in [5.74, 6) is 1.06. The van der Waals surface area contributed by atoms with Crippen molar-refractivity contribution in [1.29, 1.82) is 0 Å². The Bertz CT molecular complexity index is 484. The Morgan fingerprint density at radius 3 is 2.47 bits per heavy atom. The van der Waals surface area contributed by atoms with Crippen molar-refractivity contribution in [3.05, 3.63) is 28.8 Å². The van der Waals surface area contributed by atoms with Gasteiger partial charge in [0.2, 0.25) is 0 Å². The van der Waals surface area contributed by atoms with Crippen LogP contribution in [-0.2, 0) is 0 Å². The van der Waals surface area contributed by atoms with Crippen molar-refractivity contribution in [2.45, 2.75) is 39.5 Å². The number of benzene rings is 1. The van der Waals surface area contributed by atoms with E-state index >= 15 is 0 Å². The van der Waals surface area contributed by atoms with Crippen LogP contribution >= 0.6 is 0 Å². The highest BCUT2D eigenvalue weighted by Gasteiger charge is 2.37. The molecule has 2 rings (SSSR count). The van der Waals surface area contributed by atoms with E-state index < -0.39 is 0 Å². The average molecular weight is 261 g/mol. The lowest BCUT2D eigenvalue weighted by Crippen LogP contribution is -2.39. The molecule has 3 nitrogen and oxygen atoms in total. The summed E-state index contributed by atoms with van der Waals surface area (Å²) < 4.78 is 5.28. The summed E-state index contributed by atoms with van der Waals surface area (Å²) in [6.45, 7) is 4.55. The van der Waals surface area contributed by atoms with Gasteiger partial charge in [-0.3, -0.25) is 4.79 Å². The van der Waals surface area contributed by atoms with Crippen LogP contribution in [0, 0.1) is 19.3 Å². The van der Waals surface area contributed by atoms with Crippen LogP contribution in [0.5, 0.6) is 5.75 Å². The highest BCUT2D eigenvalue weighted by Crippen LogP contribution is 2.43. The molecule has 1 fully saturated rings. The van der Waals surface area contributed by atoms with Crippen LogP contribution in [-0.4, -0.2) is 19.4 Å². The number of ether oxygens (including phenoxy) is 1. The number of rotatable bonds is 5. The molecule has 1 aromatic rings. The molecule has 1 aliphatic rings. The molecule has 0 amide bonds. The van der Waals surface area contributed by atoms with Gasteiger partial charge in [-0.25, -0.2) is 0 Å². The zero-order valence-corrected chi connectivity index (χ0v) is 12.1. The van der Waals surface area contributed by atoms with Gasteiger partial charge in [0, 0.05) is 12.0 Å². The van der Waals surface area contributed by atoms with Crippen molar-refractivity contribution in [3.63, 3.8) is 0 Å². The minimum absolute atomic E-state index is 0.0668. The quantitative estimate of drug-likeness (QED) is 0.829. The Kier molecular flexibility index (Phi) is 3.95. The predicted octanol–water partition coefficient (Wildman–Crippen LogP) is 3.01. The van der Waals surface area contributed by atoms with E-state index in [2.05, 4.69) is 0 Å². The molecule has 0 atom stereocenters. The maximum atomic E-state index is 12.5. The average Bonchev–Trinajstić information content (AvgIpc) is 2.35. The van der Waals surface area contributed by atoms with Gasteiger partial charge in [-0.15, -0.1) is 0 Å². The van der Waals surface area contributed by atoms with E-state index in [9.17, 15) is 4.79 Å². The van der Waals surface area contributed by atoms with Crippen LogP contribution in [0.4, 0.5) is 0 Å². The number of ketones is 1. The third kappa shape index (κ3) is 2.66. The minimum atomic E-state index is 0.0668. The first kappa shape index (κ1) is 14.1. The van der Waals surface area contributed by atoms with Crippen molar-refractivity contribution < 1.29 is 9.53 Å². The van der Waals surface area contributed by atoms with E-state index in [0.717, 1.165) is 35.3 Å². The molecule has 3 heteroatoms. The maximum absolute atomic E-state index is 12.5. The van der Waals surface area contributed by atoms with Crippen molar-refractivity contribution in [3.8, 4) is 5.75 Å². The van der Waals surface area contributed by atoms with Gasteiger partial charge in [0.25, 0.3) is 0 Å². The summed E-state index contributed by atoms with van der Waals surface area (Å²) in [5.41, 5.74) is 8.71. The zero-order valence-electron chi connectivity index (χ0n) is 12.1. The van der Waals surface area contributed by atoms with Gasteiger partial charge in [0.1, 0.15) is 5.75 Å². The van der Waals surface area contributed by atoms with E-state index in [1.54, 1.807) is 7.11 Å². The number of hydrogen-bond donors (Lipinski definition) is 1. The lowest BCUT2D eigenvalue weighted by atomic mass is 9.65. The first-order valence-corrected chi connectivity index (χ1v) is 6.90. The molecule has 0 spiro atoms. The van der Waals surface area contributed by atoms with Gasteiger partial charge in [-0.2, -0.15) is 0 Å². The topological polar surface area (TPSA) is 52.3 Å².